The summed E-state index contributed by atoms with van der Waals surface area (Å²) in [6.45, 7) is 1.78. The van der Waals surface area contributed by atoms with E-state index in [0.717, 1.165) is 5.56 Å². The quantitative estimate of drug-likeness (QED) is 0.413. The molecule has 1 aliphatic rings. The van der Waals surface area contributed by atoms with Crippen molar-refractivity contribution < 1.29 is 24.0 Å². The second-order valence-corrected chi connectivity index (χ2v) is 7.28. The number of nitrogens with one attached hydrogen (secondary N) is 1. The zero-order valence-electron chi connectivity index (χ0n) is 17.1. The van der Waals surface area contributed by atoms with Crippen molar-refractivity contribution in [3.05, 3.63) is 75.3 Å². The molecule has 0 saturated carbocycles. The number of likely N-dealkylation sites (tertiary alicyclic amines) is 1. The van der Waals surface area contributed by atoms with E-state index in [-0.39, 0.29) is 30.3 Å². The minimum atomic E-state index is -0.704. The molecule has 2 aromatic carbocycles. The summed E-state index contributed by atoms with van der Waals surface area (Å²) in [7, 11) is 0. The van der Waals surface area contributed by atoms with E-state index in [9.17, 15) is 24.5 Å². The number of carbonyl (C=O) groups is 3. The van der Waals surface area contributed by atoms with Crippen molar-refractivity contribution >= 4 is 23.5 Å². The molecule has 31 heavy (non-hydrogen) atoms. The van der Waals surface area contributed by atoms with Gasteiger partial charge < -0.3 is 15.0 Å². The Morgan fingerprint density at radius 3 is 2.61 bits per heavy atom. The van der Waals surface area contributed by atoms with Gasteiger partial charge in [-0.05, 0) is 37.5 Å². The lowest BCUT2D eigenvalue weighted by molar-refractivity contribution is -0.385. The molecule has 2 aromatic rings. The number of benzene rings is 2. The SMILES string of the molecule is Cc1cc(C(=O)N2CCCC2C(=O)NCC(=O)OCc2ccccc2)ccc1[N+](=O)[O-]. The molecule has 0 aliphatic carbocycles. The molecule has 3 rings (SSSR count). The minimum Gasteiger partial charge on any atom is -0.460 e. The Hall–Kier alpha value is -3.75. The lowest BCUT2D eigenvalue weighted by atomic mass is 10.1. The van der Waals surface area contributed by atoms with E-state index in [1.165, 1.54) is 23.1 Å². The van der Waals surface area contributed by atoms with Crippen LogP contribution in [0.1, 0.15) is 34.3 Å². The van der Waals surface area contributed by atoms with Crippen LogP contribution in [-0.4, -0.2) is 46.7 Å². The maximum Gasteiger partial charge on any atom is 0.325 e. The highest BCUT2D eigenvalue weighted by molar-refractivity contribution is 5.98. The molecule has 162 valence electrons. The molecule has 0 spiro atoms. The summed E-state index contributed by atoms with van der Waals surface area (Å²) in [5.74, 6) is -1.37. The van der Waals surface area contributed by atoms with Gasteiger partial charge in [0.05, 0.1) is 4.92 Å². The number of nitro groups is 1. The van der Waals surface area contributed by atoms with Gasteiger partial charge in [-0.25, -0.2) is 0 Å². The maximum absolute atomic E-state index is 12.9. The number of hydrogen-bond acceptors (Lipinski definition) is 6. The summed E-state index contributed by atoms with van der Waals surface area (Å²) in [5, 5.41) is 13.5. The first-order valence-electron chi connectivity index (χ1n) is 9.90. The molecular weight excluding hydrogens is 402 g/mol. The van der Waals surface area contributed by atoms with Crippen molar-refractivity contribution in [2.75, 3.05) is 13.1 Å². The van der Waals surface area contributed by atoms with Gasteiger partial charge in [-0.2, -0.15) is 0 Å². The topological polar surface area (TPSA) is 119 Å². The first-order valence-corrected chi connectivity index (χ1v) is 9.90. The molecule has 1 heterocycles. The van der Waals surface area contributed by atoms with Crippen molar-refractivity contribution in [3.63, 3.8) is 0 Å². The molecule has 1 saturated heterocycles. The van der Waals surface area contributed by atoms with Gasteiger partial charge in [0.25, 0.3) is 11.6 Å². The highest BCUT2D eigenvalue weighted by atomic mass is 16.6. The van der Waals surface area contributed by atoms with E-state index in [1.807, 2.05) is 30.3 Å². The maximum atomic E-state index is 12.9. The Labute approximate surface area is 179 Å². The molecule has 1 N–H and O–H groups in total. The highest BCUT2D eigenvalue weighted by Gasteiger charge is 2.35. The Bertz CT molecular complexity index is 992. The normalized spacial score (nSPS) is 15.4. The van der Waals surface area contributed by atoms with E-state index >= 15 is 0 Å². The Balaban J connectivity index is 1.56. The summed E-state index contributed by atoms with van der Waals surface area (Å²) < 4.78 is 5.14. The fraction of sp³-hybridized carbons (Fsp3) is 0.318. The standard InChI is InChI=1S/C22H23N3O6/c1-15-12-17(9-10-18(15)25(29)30)22(28)24-11-5-8-19(24)21(27)23-13-20(26)31-14-16-6-3-2-4-7-16/h2-4,6-7,9-10,12,19H,5,8,11,13-14H2,1H3,(H,23,27). The van der Waals surface area contributed by atoms with E-state index in [2.05, 4.69) is 5.32 Å². The van der Waals surface area contributed by atoms with Crippen LogP contribution in [0.15, 0.2) is 48.5 Å². The second-order valence-electron chi connectivity index (χ2n) is 7.28. The number of esters is 1. The van der Waals surface area contributed by atoms with Gasteiger partial charge >= 0.3 is 5.97 Å². The lowest BCUT2D eigenvalue weighted by Gasteiger charge is -2.24. The molecule has 1 aliphatic heterocycles. The van der Waals surface area contributed by atoms with Crippen molar-refractivity contribution in [3.8, 4) is 0 Å². The van der Waals surface area contributed by atoms with Crippen LogP contribution in [0, 0.1) is 17.0 Å². The van der Waals surface area contributed by atoms with Crippen molar-refractivity contribution in [2.45, 2.75) is 32.4 Å². The summed E-state index contributed by atoms with van der Waals surface area (Å²) >= 11 is 0. The number of carbonyl (C=O) groups excluding carboxylic acids is 3. The third kappa shape index (κ3) is 5.44. The van der Waals surface area contributed by atoms with Crippen LogP contribution in [0.25, 0.3) is 0 Å². The Morgan fingerprint density at radius 2 is 1.94 bits per heavy atom. The first-order chi connectivity index (χ1) is 14.9. The molecule has 1 fully saturated rings. The van der Waals surface area contributed by atoms with Crippen LogP contribution in [0.2, 0.25) is 0 Å². The van der Waals surface area contributed by atoms with Crippen molar-refractivity contribution in [1.82, 2.24) is 10.2 Å². The lowest BCUT2D eigenvalue weighted by Crippen LogP contribution is -2.47. The first kappa shape index (κ1) is 21.9. The van der Waals surface area contributed by atoms with Gasteiger partial charge in [0.15, 0.2) is 0 Å². The molecular formula is C22H23N3O6. The zero-order valence-corrected chi connectivity index (χ0v) is 17.1. The fourth-order valence-electron chi connectivity index (χ4n) is 3.51. The number of hydrogen-bond donors (Lipinski definition) is 1. The zero-order chi connectivity index (χ0) is 22.4. The number of aryl methyl sites for hydroxylation is 1. The fourth-order valence-corrected chi connectivity index (χ4v) is 3.51. The van der Waals surface area contributed by atoms with E-state index in [0.29, 0.717) is 24.9 Å². The summed E-state index contributed by atoms with van der Waals surface area (Å²) in [5.41, 5.74) is 1.43. The average Bonchev–Trinajstić information content (AvgIpc) is 3.26. The van der Waals surface area contributed by atoms with E-state index in [4.69, 9.17) is 4.74 Å². The number of nitrogens with zero attached hydrogens (tertiary/aromatic N) is 2. The summed E-state index contributed by atoms with van der Waals surface area (Å²) in [6.07, 6.45) is 1.12. The molecule has 0 bridgehead atoms. The predicted octanol–water partition coefficient (Wildman–Crippen LogP) is 2.37. The van der Waals surface area contributed by atoms with Gasteiger partial charge in [-0.15, -0.1) is 0 Å². The van der Waals surface area contributed by atoms with Crippen molar-refractivity contribution in [2.24, 2.45) is 0 Å². The number of rotatable bonds is 7. The van der Waals surface area contributed by atoms with Gasteiger partial charge in [0.2, 0.25) is 5.91 Å². The number of ether oxygens (including phenoxy) is 1. The van der Waals surface area contributed by atoms with Crippen LogP contribution in [0.4, 0.5) is 5.69 Å². The Morgan fingerprint density at radius 1 is 1.19 bits per heavy atom. The molecule has 1 atom stereocenters. The molecule has 0 radical (unpaired) electrons. The predicted molar refractivity (Wildman–Crippen MR) is 111 cm³/mol. The van der Waals surface area contributed by atoms with Crippen LogP contribution >= 0.6 is 0 Å². The van der Waals surface area contributed by atoms with Gasteiger partial charge in [0, 0.05) is 23.7 Å². The molecule has 9 nitrogen and oxygen atoms in total. The second kappa shape index (κ2) is 9.84. The molecule has 1 unspecified atom stereocenters. The largest absolute Gasteiger partial charge is 0.460 e. The van der Waals surface area contributed by atoms with Gasteiger partial charge in [-0.3, -0.25) is 24.5 Å². The third-order valence-corrected chi connectivity index (χ3v) is 5.11. The van der Waals surface area contributed by atoms with Crippen LogP contribution in [0.5, 0.6) is 0 Å². The van der Waals surface area contributed by atoms with Gasteiger partial charge in [-0.1, -0.05) is 30.3 Å². The van der Waals surface area contributed by atoms with E-state index in [1.54, 1.807) is 6.92 Å². The Kier molecular flexibility index (Phi) is 6.96. The monoisotopic (exact) mass is 425 g/mol. The van der Waals surface area contributed by atoms with E-state index < -0.39 is 22.8 Å². The summed E-state index contributed by atoms with van der Waals surface area (Å²) in [4.78, 5) is 49.3. The minimum absolute atomic E-state index is 0.0683. The number of amides is 2. The average molecular weight is 425 g/mol. The molecule has 2 amide bonds. The van der Waals surface area contributed by atoms with Crippen LogP contribution < -0.4 is 5.32 Å². The van der Waals surface area contributed by atoms with Gasteiger partial charge in [0.1, 0.15) is 19.2 Å². The van der Waals surface area contributed by atoms with Crippen LogP contribution in [-0.2, 0) is 20.9 Å². The number of nitro benzene ring substituents is 1. The molecule has 9 heteroatoms. The van der Waals surface area contributed by atoms with Crippen LogP contribution in [0.3, 0.4) is 0 Å². The summed E-state index contributed by atoms with van der Waals surface area (Å²) in [6, 6.07) is 12.6. The highest BCUT2D eigenvalue weighted by Crippen LogP contribution is 2.24. The third-order valence-electron chi connectivity index (χ3n) is 5.11. The van der Waals surface area contributed by atoms with Crippen molar-refractivity contribution in [1.29, 1.82) is 0 Å². The smallest absolute Gasteiger partial charge is 0.325 e. The molecule has 0 aromatic heterocycles.